The second-order valence-electron chi connectivity index (χ2n) is 8.26. The summed E-state index contributed by atoms with van der Waals surface area (Å²) in [6.07, 6.45) is 1.58. The molecule has 0 fully saturated rings. The summed E-state index contributed by atoms with van der Waals surface area (Å²) in [6, 6.07) is 16.2. The van der Waals surface area contributed by atoms with E-state index >= 15 is 0 Å². The Hall–Kier alpha value is -2.94. The number of phenols is 4. The Bertz CT molecular complexity index is 1120. The van der Waals surface area contributed by atoms with Crippen LogP contribution in [0, 0.1) is 18.8 Å². The van der Waals surface area contributed by atoms with Gasteiger partial charge in [0, 0.05) is 17.8 Å². The summed E-state index contributed by atoms with van der Waals surface area (Å²) in [6.45, 7) is 6.15. The van der Waals surface area contributed by atoms with E-state index in [1.54, 1.807) is 24.3 Å². The van der Waals surface area contributed by atoms with Gasteiger partial charge in [0.25, 0.3) is 9.05 Å². The van der Waals surface area contributed by atoms with E-state index in [9.17, 15) is 28.8 Å². The second-order valence-corrected chi connectivity index (χ2v) is 10.8. The molecule has 9 heteroatoms. The Morgan fingerprint density at radius 1 is 0.686 bits per heavy atom. The molecule has 0 radical (unpaired) electrons. The van der Waals surface area contributed by atoms with Crippen molar-refractivity contribution in [2.24, 2.45) is 11.8 Å². The number of rotatable bonds is 6. The molecule has 3 aromatic rings. The summed E-state index contributed by atoms with van der Waals surface area (Å²) >= 11 is 0. The first kappa shape index (κ1) is 30.1. The fraction of sp³-hybridized carbons (Fsp3) is 0.308. The van der Waals surface area contributed by atoms with Crippen molar-refractivity contribution in [2.75, 3.05) is 7.11 Å². The zero-order chi connectivity index (χ0) is 26.8. The molecule has 0 aromatic heterocycles. The fourth-order valence-corrected chi connectivity index (χ4v) is 4.01. The summed E-state index contributed by atoms with van der Waals surface area (Å²) in [5, 5.41) is 44.8. The average molecular weight is 525 g/mol. The van der Waals surface area contributed by atoms with Gasteiger partial charge in [-0.3, -0.25) is 0 Å². The van der Waals surface area contributed by atoms with Crippen LogP contribution < -0.4 is 0 Å². The van der Waals surface area contributed by atoms with Crippen molar-refractivity contribution in [1.29, 1.82) is 0 Å². The number of aliphatic hydroxyl groups excluding tert-OH is 1. The molecule has 3 aromatic carbocycles. The highest BCUT2D eigenvalue weighted by atomic mass is 35.7. The van der Waals surface area contributed by atoms with Gasteiger partial charge in [-0.25, -0.2) is 8.42 Å². The van der Waals surface area contributed by atoms with Crippen LogP contribution >= 0.6 is 10.7 Å². The first-order valence-corrected chi connectivity index (χ1v) is 13.2. The van der Waals surface area contributed by atoms with Crippen molar-refractivity contribution >= 4 is 19.7 Å². The van der Waals surface area contributed by atoms with E-state index in [1.165, 1.54) is 24.3 Å². The summed E-state index contributed by atoms with van der Waals surface area (Å²) in [4.78, 5) is 0.143. The molecule has 0 amide bonds. The Kier molecular flexibility index (Phi) is 11.9. The molecule has 2 atom stereocenters. The quantitative estimate of drug-likeness (QED) is 0.223. The van der Waals surface area contributed by atoms with Gasteiger partial charge in [-0.15, -0.1) is 0 Å². The molecule has 0 saturated heterocycles. The molecule has 192 valence electrons. The van der Waals surface area contributed by atoms with E-state index < -0.39 is 9.05 Å². The number of aromatic hydroxyl groups is 4. The van der Waals surface area contributed by atoms with Crippen molar-refractivity contribution in [3.63, 3.8) is 0 Å². The number of benzene rings is 3. The number of hydrogen-bond donors (Lipinski definition) is 5. The van der Waals surface area contributed by atoms with E-state index in [-0.39, 0.29) is 27.9 Å². The highest BCUT2D eigenvalue weighted by Gasteiger charge is 2.15. The summed E-state index contributed by atoms with van der Waals surface area (Å²) in [5.74, 6) is 0.314. The second kappa shape index (κ2) is 13.8. The molecule has 3 rings (SSSR count). The van der Waals surface area contributed by atoms with Gasteiger partial charge in [0.15, 0.2) is 23.0 Å². The molecular weight excluding hydrogens is 492 g/mol. The number of hydrogen-bond acceptors (Lipinski definition) is 7. The minimum Gasteiger partial charge on any atom is -0.504 e. The highest BCUT2D eigenvalue weighted by molar-refractivity contribution is 8.13. The molecule has 0 aliphatic carbocycles. The van der Waals surface area contributed by atoms with Crippen LogP contribution in [0.15, 0.2) is 65.6 Å². The van der Waals surface area contributed by atoms with E-state index in [0.29, 0.717) is 11.8 Å². The predicted octanol–water partition coefficient (Wildman–Crippen LogP) is 5.10. The third kappa shape index (κ3) is 10.1. The van der Waals surface area contributed by atoms with Gasteiger partial charge in [0.05, 0.1) is 4.90 Å². The molecule has 0 heterocycles. The minimum absolute atomic E-state index is 0.0965. The Labute approximate surface area is 211 Å². The molecule has 35 heavy (non-hydrogen) atoms. The molecular formula is C26H33ClO7S. The van der Waals surface area contributed by atoms with Crippen LogP contribution in [0.4, 0.5) is 0 Å². The molecule has 0 bridgehead atoms. The molecule has 0 spiro atoms. The maximum absolute atomic E-state index is 10.7. The lowest BCUT2D eigenvalue weighted by Gasteiger charge is -2.20. The van der Waals surface area contributed by atoms with E-state index in [4.69, 9.17) is 15.8 Å². The van der Waals surface area contributed by atoms with Gasteiger partial charge in [-0.2, -0.15) is 0 Å². The molecule has 5 N–H and O–H groups in total. The van der Waals surface area contributed by atoms with Gasteiger partial charge < -0.3 is 25.5 Å². The summed E-state index contributed by atoms with van der Waals surface area (Å²) in [7, 11) is 2.54. The molecule has 0 unspecified atom stereocenters. The minimum atomic E-state index is -3.55. The highest BCUT2D eigenvalue weighted by Crippen LogP contribution is 2.30. The zero-order valence-electron chi connectivity index (χ0n) is 20.2. The van der Waals surface area contributed by atoms with Crippen LogP contribution in [0.1, 0.15) is 30.5 Å². The third-order valence-corrected chi connectivity index (χ3v) is 6.84. The Morgan fingerprint density at radius 2 is 1.06 bits per heavy atom. The Morgan fingerprint density at radius 3 is 1.37 bits per heavy atom. The molecule has 0 aliphatic rings. The van der Waals surface area contributed by atoms with Crippen LogP contribution in [0.2, 0.25) is 0 Å². The standard InChI is InChI=1S/C18H22O4.C7H7ClO2S.CH4O/c1-11(7-13-3-5-15(19)17(21)9-13)12(2)8-14-4-6-16(20)18(22)10-14;1-6-2-4-7(5-3-6)11(8,9)10;1-2/h3-6,9-12,19-22H,7-8H2,1-2H3;2-5H,1H3;2H,1H3/t11-,12+;;. The maximum Gasteiger partial charge on any atom is 0.261 e. The van der Waals surface area contributed by atoms with Gasteiger partial charge >= 0.3 is 0 Å². The van der Waals surface area contributed by atoms with E-state index in [0.717, 1.165) is 36.6 Å². The van der Waals surface area contributed by atoms with Crippen molar-refractivity contribution in [3.05, 3.63) is 77.4 Å². The van der Waals surface area contributed by atoms with Crippen LogP contribution in [0.3, 0.4) is 0 Å². The van der Waals surface area contributed by atoms with Crippen LogP contribution in [0.5, 0.6) is 23.0 Å². The topological polar surface area (TPSA) is 135 Å². The van der Waals surface area contributed by atoms with Crippen molar-refractivity contribution in [2.45, 2.75) is 38.5 Å². The largest absolute Gasteiger partial charge is 0.504 e. The van der Waals surface area contributed by atoms with Crippen molar-refractivity contribution in [3.8, 4) is 23.0 Å². The monoisotopic (exact) mass is 524 g/mol. The van der Waals surface area contributed by atoms with Crippen molar-refractivity contribution in [1.82, 2.24) is 0 Å². The SMILES string of the molecule is CO.C[C@H](Cc1ccc(O)c(O)c1)[C@@H](C)Cc1ccc(O)c(O)c1.Cc1ccc(S(=O)(=O)Cl)cc1. The van der Waals surface area contributed by atoms with E-state index in [2.05, 4.69) is 13.8 Å². The number of halogens is 1. The lowest BCUT2D eigenvalue weighted by molar-refractivity contribution is 0.377. The number of aryl methyl sites for hydroxylation is 1. The van der Waals surface area contributed by atoms with Crippen LogP contribution in [0.25, 0.3) is 0 Å². The van der Waals surface area contributed by atoms with Gasteiger partial charge in [0.2, 0.25) is 0 Å². The zero-order valence-corrected chi connectivity index (χ0v) is 21.8. The number of phenolic OH excluding ortho intramolecular Hbond substituents is 4. The average Bonchev–Trinajstić information content (AvgIpc) is 2.80. The van der Waals surface area contributed by atoms with Gasteiger partial charge in [-0.05, 0) is 79.1 Å². The van der Waals surface area contributed by atoms with Gasteiger partial charge in [0.1, 0.15) is 0 Å². The van der Waals surface area contributed by atoms with E-state index in [1.807, 2.05) is 19.1 Å². The fourth-order valence-electron chi connectivity index (χ4n) is 3.24. The Balaban J connectivity index is 0.000000395. The van der Waals surface area contributed by atoms with Gasteiger partial charge in [-0.1, -0.05) is 43.7 Å². The summed E-state index contributed by atoms with van der Waals surface area (Å²) < 4.78 is 21.4. The third-order valence-electron chi connectivity index (χ3n) is 5.47. The molecule has 0 aliphatic heterocycles. The number of aliphatic hydroxyl groups is 1. The lowest BCUT2D eigenvalue weighted by atomic mass is 9.85. The lowest BCUT2D eigenvalue weighted by Crippen LogP contribution is -2.13. The smallest absolute Gasteiger partial charge is 0.261 e. The summed E-state index contributed by atoms with van der Waals surface area (Å²) in [5.41, 5.74) is 2.96. The predicted molar refractivity (Wildman–Crippen MR) is 138 cm³/mol. The molecule has 0 saturated carbocycles. The first-order chi connectivity index (χ1) is 16.4. The van der Waals surface area contributed by atoms with Crippen LogP contribution in [-0.4, -0.2) is 41.1 Å². The normalized spacial score (nSPS) is 12.4. The molecule has 7 nitrogen and oxygen atoms in total. The first-order valence-electron chi connectivity index (χ1n) is 10.8. The maximum atomic E-state index is 10.7. The van der Waals surface area contributed by atoms with Crippen LogP contribution in [-0.2, 0) is 21.9 Å². The van der Waals surface area contributed by atoms with Crippen molar-refractivity contribution < 1.29 is 34.0 Å².